The summed E-state index contributed by atoms with van der Waals surface area (Å²) < 4.78 is 32.8. The van der Waals surface area contributed by atoms with Crippen LogP contribution in [-0.4, -0.2) is 68.9 Å². The molecule has 39 heavy (non-hydrogen) atoms. The molecule has 2 aliphatic carbocycles. The lowest BCUT2D eigenvalue weighted by Crippen LogP contribution is -2.49. The molecule has 2 N–H and O–H groups in total. The van der Waals surface area contributed by atoms with Gasteiger partial charge in [-0.15, -0.1) is 0 Å². The fourth-order valence-corrected chi connectivity index (χ4v) is 7.36. The molecule has 12 heteroatoms. The van der Waals surface area contributed by atoms with Crippen molar-refractivity contribution in [1.82, 2.24) is 18.8 Å². The van der Waals surface area contributed by atoms with Crippen LogP contribution >= 0.6 is 0 Å². The van der Waals surface area contributed by atoms with Gasteiger partial charge in [-0.25, -0.2) is 14.8 Å². The molecular weight excluding hydrogens is 522 g/mol. The number of aliphatic hydroxyl groups excluding tert-OH is 1. The van der Waals surface area contributed by atoms with Gasteiger partial charge in [-0.2, -0.15) is 12.7 Å². The zero-order valence-corrected chi connectivity index (χ0v) is 23.4. The van der Waals surface area contributed by atoms with E-state index in [-0.39, 0.29) is 18.7 Å². The Labute approximate surface area is 228 Å². The first kappa shape index (κ1) is 27.4. The Balaban J connectivity index is 1.33. The Hall–Kier alpha value is -3.22. The van der Waals surface area contributed by atoms with Crippen molar-refractivity contribution >= 4 is 33.2 Å². The number of benzene rings is 1. The minimum atomic E-state index is -4.55. The molecule has 2 heterocycles. The number of hydrogen-bond acceptors (Lipinski definition) is 8. The molecule has 2 aromatic heterocycles. The number of carbonyl (C=O) groups is 1. The van der Waals surface area contributed by atoms with Gasteiger partial charge in [0.25, 0.3) is 0 Å². The summed E-state index contributed by atoms with van der Waals surface area (Å²) in [6, 6.07) is 10.6. The van der Waals surface area contributed by atoms with E-state index in [1.807, 2.05) is 16.8 Å². The molecule has 3 aromatic rings. The van der Waals surface area contributed by atoms with Crippen LogP contribution in [-0.2, 0) is 20.9 Å². The number of aromatic nitrogens is 3. The van der Waals surface area contributed by atoms with Crippen molar-refractivity contribution in [3.8, 4) is 0 Å². The first-order valence-corrected chi connectivity index (χ1v) is 14.5. The Morgan fingerprint density at radius 3 is 2.64 bits per heavy atom. The fourth-order valence-electron chi connectivity index (χ4n) is 6.04. The Morgan fingerprint density at radius 2 is 1.92 bits per heavy atom. The van der Waals surface area contributed by atoms with Crippen LogP contribution in [0.25, 0.3) is 11.0 Å². The van der Waals surface area contributed by atoms with Gasteiger partial charge in [0.05, 0.1) is 29.7 Å². The van der Waals surface area contributed by atoms with E-state index in [1.54, 1.807) is 6.33 Å². The summed E-state index contributed by atoms with van der Waals surface area (Å²) in [5.74, 6) is 0.345. The van der Waals surface area contributed by atoms with Crippen molar-refractivity contribution in [3.05, 3.63) is 54.0 Å². The summed E-state index contributed by atoms with van der Waals surface area (Å²) in [5, 5.41) is 21.1. The highest BCUT2D eigenvalue weighted by molar-refractivity contribution is 7.84. The molecule has 1 fully saturated rings. The summed E-state index contributed by atoms with van der Waals surface area (Å²) in [7, 11) is -2.50. The zero-order valence-electron chi connectivity index (χ0n) is 22.6. The third-order valence-electron chi connectivity index (χ3n) is 7.85. The number of aryl methyl sites for hydroxylation is 1. The fraction of sp³-hybridized carbons (Fsp3) is 0.519. The van der Waals surface area contributed by atoms with E-state index >= 15 is 0 Å². The van der Waals surface area contributed by atoms with E-state index in [4.69, 9.17) is 4.18 Å². The van der Waals surface area contributed by atoms with Crippen LogP contribution in [0.15, 0.2) is 42.9 Å². The second kappa shape index (κ2) is 10.1. The van der Waals surface area contributed by atoms with Gasteiger partial charge in [0, 0.05) is 25.2 Å². The highest BCUT2D eigenvalue weighted by Gasteiger charge is 2.41. The van der Waals surface area contributed by atoms with Crippen LogP contribution in [0.1, 0.15) is 63.2 Å². The number of aliphatic hydroxyl groups is 1. The Morgan fingerprint density at radius 1 is 1.18 bits per heavy atom. The van der Waals surface area contributed by atoms with Gasteiger partial charge in [-0.1, -0.05) is 24.3 Å². The molecule has 0 spiro atoms. The summed E-state index contributed by atoms with van der Waals surface area (Å²) >= 11 is 0. The Kier molecular flexibility index (Phi) is 7.06. The zero-order chi connectivity index (χ0) is 28.1. The van der Waals surface area contributed by atoms with Gasteiger partial charge in [-0.05, 0) is 63.6 Å². The summed E-state index contributed by atoms with van der Waals surface area (Å²) in [6.45, 7) is 4.10. The quantitative estimate of drug-likeness (QED) is 0.443. The molecular formula is C27H35N5O6S. The largest absolute Gasteiger partial charge is 0.464 e. The number of anilines is 1. The first-order valence-electron chi connectivity index (χ1n) is 13.1. The lowest BCUT2D eigenvalue weighted by molar-refractivity contribution is 0.0917. The van der Waals surface area contributed by atoms with E-state index in [2.05, 4.69) is 46.2 Å². The molecule has 5 rings (SSSR count). The predicted octanol–water partition coefficient (Wildman–Crippen LogP) is 3.91. The minimum absolute atomic E-state index is 0.132. The lowest BCUT2D eigenvalue weighted by Gasteiger charge is -2.31. The molecule has 0 unspecified atom stereocenters. The third-order valence-corrected chi connectivity index (χ3v) is 9.44. The second-order valence-electron chi connectivity index (χ2n) is 11.4. The van der Waals surface area contributed by atoms with Crippen LogP contribution < -0.4 is 4.90 Å². The molecule has 1 aromatic carbocycles. The maximum absolute atomic E-state index is 12.7. The average molecular weight is 558 g/mol. The Bertz CT molecular complexity index is 1480. The van der Waals surface area contributed by atoms with Gasteiger partial charge in [0.2, 0.25) is 0 Å². The predicted molar refractivity (Wildman–Crippen MR) is 146 cm³/mol. The second-order valence-corrected chi connectivity index (χ2v) is 12.9. The van der Waals surface area contributed by atoms with E-state index in [0.29, 0.717) is 17.1 Å². The number of hydrogen-bond donors (Lipinski definition) is 2. The SMILES string of the molecule is CN(c1ncnc2c1ccn2[C@@H]1C[C@@H](COS(=O)(=O)N(C(=O)O)C(C)(C)C)[C@H](O)C1)[C@H]1CCc2ccccc21. The third kappa shape index (κ3) is 5.08. The topological polar surface area (TPSA) is 138 Å². The van der Waals surface area contributed by atoms with E-state index in [0.717, 1.165) is 29.7 Å². The summed E-state index contributed by atoms with van der Waals surface area (Å²) in [5.41, 5.74) is 2.21. The summed E-state index contributed by atoms with van der Waals surface area (Å²) in [4.78, 5) is 23.0. The van der Waals surface area contributed by atoms with Gasteiger partial charge in [0.1, 0.15) is 17.8 Å². The molecule has 0 bridgehead atoms. The molecule has 0 saturated heterocycles. The number of carboxylic acid groups (broad SMARTS) is 1. The molecule has 0 radical (unpaired) electrons. The summed E-state index contributed by atoms with van der Waals surface area (Å²) in [6.07, 6.45) is 3.94. The van der Waals surface area contributed by atoms with Crippen LogP contribution in [0.2, 0.25) is 0 Å². The van der Waals surface area contributed by atoms with Gasteiger partial charge >= 0.3 is 16.4 Å². The average Bonchev–Trinajstić information content (AvgIpc) is 3.57. The van der Waals surface area contributed by atoms with Crippen molar-refractivity contribution in [1.29, 1.82) is 0 Å². The van der Waals surface area contributed by atoms with Crippen molar-refractivity contribution in [3.63, 3.8) is 0 Å². The molecule has 1 amide bonds. The van der Waals surface area contributed by atoms with Crippen LogP contribution in [0, 0.1) is 5.92 Å². The molecule has 210 valence electrons. The lowest BCUT2D eigenvalue weighted by atomic mass is 10.1. The smallest absolute Gasteiger partial charge is 0.423 e. The highest BCUT2D eigenvalue weighted by Crippen LogP contribution is 2.41. The van der Waals surface area contributed by atoms with Gasteiger partial charge < -0.3 is 19.7 Å². The van der Waals surface area contributed by atoms with Crippen molar-refractivity contribution in [2.45, 2.75) is 70.2 Å². The number of nitrogens with zero attached hydrogens (tertiary/aromatic N) is 5. The number of rotatable bonds is 7. The first-order chi connectivity index (χ1) is 18.4. The van der Waals surface area contributed by atoms with Crippen molar-refractivity contribution < 1.29 is 27.6 Å². The van der Waals surface area contributed by atoms with Crippen LogP contribution in [0.3, 0.4) is 0 Å². The standard InChI is InChI=1S/C27H35N5O6S/c1-27(2,3)32(26(34)35)39(36,37)38-15-18-13-19(14-23(18)33)31-12-11-21-24(28-16-29-25(21)31)30(4)22-10-9-17-7-5-6-8-20(17)22/h5-8,11-12,16,18-19,22-23,33H,9-10,13-15H2,1-4H3,(H,34,35)/t18-,19+,22-,23+/m0/s1. The van der Waals surface area contributed by atoms with Crippen LogP contribution in [0.5, 0.6) is 0 Å². The minimum Gasteiger partial charge on any atom is -0.464 e. The van der Waals surface area contributed by atoms with E-state index in [9.17, 15) is 23.4 Å². The molecule has 2 aliphatic rings. The molecule has 4 atom stereocenters. The molecule has 11 nitrogen and oxygen atoms in total. The maximum Gasteiger partial charge on any atom is 0.423 e. The maximum atomic E-state index is 12.7. The van der Waals surface area contributed by atoms with E-state index in [1.165, 1.54) is 31.9 Å². The van der Waals surface area contributed by atoms with Crippen molar-refractivity contribution in [2.75, 3.05) is 18.6 Å². The van der Waals surface area contributed by atoms with Gasteiger partial charge in [-0.3, -0.25) is 4.18 Å². The molecule has 0 aliphatic heterocycles. The molecule has 1 saturated carbocycles. The number of fused-ring (bicyclic) bond motifs is 2. The normalized spacial score (nSPS) is 23.2. The van der Waals surface area contributed by atoms with Crippen LogP contribution in [0.4, 0.5) is 10.6 Å². The van der Waals surface area contributed by atoms with Gasteiger partial charge in [0.15, 0.2) is 0 Å². The monoisotopic (exact) mass is 557 g/mol. The number of amides is 1. The van der Waals surface area contributed by atoms with E-state index < -0.39 is 34.0 Å². The highest BCUT2D eigenvalue weighted by atomic mass is 32.2. The van der Waals surface area contributed by atoms with Crippen molar-refractivity contribution in [2.24, 2.45) is 5.92 Å².